The fourth-order valence-corrected chi connectivity index (χ4v) is 2.72. The molecule has 0 aliphatic rings. The third-order valence-corrected chi connectivity index (χ3v) is 4.04. The lowest BCUT2D eigenvalue weighted by molar-refractivity contribution is -0.137. The molecule has 0 spiro atoms. The maximum absolute atomic E-state index is 11.1. The van der Waals surface area contributed by atoms with Crippen LogP contribution in [0.5, 0.6) is 5.75 Å². The second-order valence-corrected chi connectivity index (χ2v) is 6.07. The number of unbranched alkanes of at least 4 members (excludes halogenated alkanes) is 4. The SMILES string of the molecule is CCOC(=O)/C=C/C=C/CCCCCCOc1cccc2ccccc12. The second kappa shape index (κ2) is 11.9. The van der Waals surface area contributed by atoms with Crippen molar-refractivity contribution in [2.45, 2.75) is 39.0 Å². The van der Waals surface area contributed by atoms with Crippen molar-refractivity contribution >= 4 is 16.7 Å². The van der Waals surface area contributed by atoms with Gasteiger partial charge in [0.1, 0.15) is 5.75 Å². The summed E-state index contributed by atoms with van der Waals surface area (Å²) in [7, 11) is 0. The van der Waals surface area contributed by atoms with Gasteiger partial charge in [0.15, 0.2) is 0 Å². The number of rotatable bonds is 11. The molecule has 138 valence electrons. The van der Waals surface area contributed by atoms with Gasteiger partial charge in [-0.3, -0.25) is 0 Å². The van der Waals surface area contributed by atoms with E-state index in [1.165, 1.54) is 23.3 Å². The maximum Gasteiger partial charge on any atom is 0.330 e. The first-order valence-electron chi connectivity index (χ1n) is 9.42. The summed E-state index contributed by atoms with van der Waals surface area (Å²) in [5, 5.41) is 2.39. The molecule has 0 radical (unpaired) electrons. The minimum absolute atomic E-state index is 0.289. The minimum Gasteiger partial charge on any atom is -0.493 e. The Balaban J connectivity index is 1.55. The summed E-state index contributed by atoms with van der Waals surface area (Å²) < 4.78 is 10.8. The van der Waals surface area contributed by atoms with Crippen molar-refractivity contribution in [2.75, 3.05) is 13.2 Å². The molecule has 0 bridgehead atoms. The summed E-state index contributed by atoms with van der Waals surface area (Å²) in [4.78, 5) is 11.1. The molecule has 0 amide bonds. The van der Waals surface area contributed by atoms with Crippen LogP contribution in [0.25, 0.3) is 10.8 Å². The van der Waals surface area contributed by atoms with Gasteiger partial charge in [-0.1, -0.05) is 67.5 Å². The largest absolute Gasteiger partial charge is 0.493 e. The second-order valence-electron chi connectivity index (χ2n) is 6.07. The molecule has 0 fully saturated rings. The molecule has 0 atom stereocenters. The van der Waals surface area contributed by atoms with Crippen LogP contribution in [0, 0.1) is 0 Å². The van der Waals surface area contributed by atoms with Crippen LogP contribution < -0.4 is 4.74 Å². The Labute approximate surface area is 156 Å². The third-order valence-electron chi connectivity index (χ3n) is 4.04. The Kier molecular flexibility index (Phi) is 9.06. The molecule has 0 heterocycles. The van der Waals surface area contributed by atoms with Crippen LogP contribution >= 0.6 is 0 Å². The summed E-state index contributed by atoms with van der Waals surface area (Å²) in [5.74, 6) is 0.683. The summed E-state index contributed by atoms with van der Waals surface area (Å²) in [6.45, 7) is 2.97. The van der Waals surface area contributed by atoms with Crippen LogP contribution in [0.2, 0.25) is 0 Å². The topological polar surface area (TPSA) is 35.5 Å². The zero-order chi connectivity index (χ0) is 18.5. The van der Waals surface area contributed by atoms with Crippen LogP contribution in [0.1, 0.15) is 39.0 Å². The Morgan fingerprint density at radius 1 is 0.962 bits per heavy atom. The zero-order valence-corrected chi connectivity index (χ0v) is 15.5. The predicted molar refractivity (Wildman–Crippen MR) is 107 cm³/mol. The Bertz CT molecular complexity index is 726. The number of esters is 1. The van der Waals surface area contributed by atoms with Gasteiger partial charge < -0.3 is 9.47 Å². The Morgan fingerprint density at radius 3 is 2.65 bits per heavy atom. The van der Waals surface area contributed by atoms with E-state index < -0.39 is 0 Å². The lowest BCUT2D eigenvalue weighted by Gasteiger charge is -2.09. The number of carbonyl (C=O) groups excluding carboxylic acids is 1. The van der Waals surface area contributed by atoms with E-state index in [1.54, 1.807) is 13.0 Å². The monoisotopic (exact) mass is 352 g/mol. The van der Waals surface area contributed by atoms with Gasteiger partial charge >= 0.3 is 5.97 Å². The van der Waals surface area contributed by atoms with Gasteiger partial charge in [-0.2, -0.15) is 0 Å². The average Bonchev–Trinajstić information content (AvgIpc) is 2.66. The zero-order valence-electron chi connectivity index (χ0n) is 15.5. The Morgan fingerprint density at radius 2 is 1.77 bits per heavy atom. The van der Waals surface area contributed by atoms with E-state index >= 15 is 0 Å². The maximum atomic E-state index is 11.1. The molecule has 26 heavy (non-hydrogen) atoms. The van der Waals surface area contributed by atoms with E-state index in [9.17, 15) is 4.79 Å². The van der Waals surface area contributed by atoms with Crippen LogP contribution in [0.3, 0.4) is 0 Å². The van der Waals surface area contributed by atoms with E-state index in [2.05, 4.69) is 24.3 Å². The molecular weight excluding hydrogens is 324 g/mol. The number of hydrogen-bond donors (Lipinski definition) is 0. The molecule has 0 N–H and O–H groups in total. The first-order valence-corrected chi connectivity index (χ1v) is 9.42. The molecule has 3 heteroatoms. The molecule has 2 rings (SSSR count). The highest BCUT2D eigenvalue weighted by Crippen LogP contribution is 2.25. The number of allylic oxidation sites excluding steroid dienone is 3. The molecule has 2 aromatic carbocycles. The molecule has 0 unspecified atom stereocenters. The quantitative estimate of drug-likeness (QED) is 0.220. The van der Waals surface area contributed by atoms with Crippen molar-refractivity contribution in [3.63, 3.8) is 0 Å². The lowest BCUT2D eigenvalue weighted by atomic mass is 10.1. The van der Waals surface area contributed by atoms with Gasteiger partial charge in [0.25, 0.3) is 0 Å². The average molecular weight is 352 g/mol. The molecule has 0 saturated carbocycles. The van der Waals surface area contributed by atoms with Crippen LogP contribution in [0.4, 0.5) is 0 Å². The van der Waals surface area contributed by atoms with Gasteiger partial charge in [0, 0.05) is 11.5 Å². The van der Waals surface area contributed by atoms with Crippen molar-refractivity contribution in [3.8, 4) is 5.75 Å². The van der Waals surface area contributed by atoms with E-state index in [4.69, 9.17) is 9.47 Å². The van der Waals surface area contributed by atoms with E-state index in [0.717, 1.165) is 38.0 Å². The first kappa shape index (κ1) is 19.8. The van der Waals surface area contributed by atoms with Crippen molar-refractivity contribution in [1.29, 1.82) is 0 Å². The molecule has 0 saturated heterocycles. The van der Waals surface area contributed by atoms with Crippen molar-refractivity contribution in [1.82, 2.24) is 0 Å². The smallest absolute Gasteiger partial charge is 0.330 e. The summed E-state index contributed by atoms with van der Waals surface area (Å²) in [6, 6.07) is 14.5. The summed E-state index contributed by atoms with van der Waals surface area (Å²) >= 11 is 0. The minimum atomic E-state index is -0.289. The van der Waals surface area contributed by atoms with E-state index in [0.29, 0.717) is 6.61 Å². The van der Waals surface area contributed by atoms with Gasteiger partial charge in [-0.25, -0.2) is 4.79 Å². The number of benzene rings is 2. The number of ether oxygens (including phenoxy) is 2. The van der Waals surface area contributed by atoms with Crippen LogP contribution in [0.15, 0.2) is 66.8 Å². The van der Waals surface area contributed by atoms with Gasteiger partial charge in [0.05, 0.1) is 13.2 Å². The summed E-state index contributed by atoms with van der Waals surface area (Å²) in [5.41, 5.74) is 0. The van der Waals surface area contributed by atoms with Crippen LogP contribution in [-0.4, -0.2) is 19.2 Å². The molecular formula is C23H28O3. The highest BCUT2D eigenvalue weighted by Gasteiger charge is 2.00. The molecule has 0 aromatic heterocycles. The van der Waals surface area contributed by atoms with Gasteiger partial charge in [-0.15, -0.1) is 0 Å². The van der Waals surface area contributed by atoms with E-state index in [1.807, 2.05) is 30.3 Å². The number of carbonyl (C=O) groups is 1. The third kappa shape index (κ3) is 7.14. The molecule has 0 aliphatic carbocycles. The molecule has 3 nitrogen and oxygen atoms in total. The Hall–Kier alpha value is -2.55. The van der Waals surface area contributed by atoms with Crippen LogP contribution in [-0.2, 0) is 9.53 Å². The fourth-order valence-electron chi connectivity index (χ4n) is 2.72. The van der Waals surface area contributed by atoms with Crippen molar-refractivity contribution in [3.05, 3.63) is 66.8 Å². The fraction of sp³-hybridized carbons (Fsp3) is 0.348. The lowest BCUT2D eigenvalue weighted by Crippen LogP contribution is -1.98. The molecule has 2 aromatic rings. The predicted octanol–water partition coefficient (Wildman–Crippen LogP) is 5.84. The normalized spacial score (nSPS) is 11.4. The van der Waals surface area contributed by atoms with Gasteiger partial charge in [-0.05, 0) is 37.6 Å². The number of hydrogen-bond acceptors (Lipinski definition) is 3. The molecule has 0 aliphatic heterocycles. The summed E-state index contributed by atoms with van der Waals surface area (Å²) in [6.07, 6.45) is 12.8. The first-order chi connectivity index (χ1) is 12.8. The highest BCUT2D eigenvalue weighted by atomic mass is 16.5. The highest BCUT2D eigenvalue weighted by molar-refractivity contribution is 5.88. The van der Waals surface area contributed by atoms with Crippen molar-refractivity contribution in [2.24, 2.45) is 0 Å². The number of fused-ring (bicyclic) bond motifs is 1. The van der Waals surface area contributed by atoms with E-state index in [-0.39, 0.29) is 5.97 Å². The van der Waals surface area contributed by atoms with Gasteiger partial charge in [0.2, 0.25) is 0 Å². The standard InChI is InChI=1S/C23H28O3/c1-2-25-23(24)18-9-7-5-3-4-6-8-12-19-26-22-17-13-15-20-14-10-11-16-21(20)22/h5,7,9-11,13-18H,2-4,6,8,12,19H2,1H3/b7-5+,18-9+. The van der Waals surface area contributed by atoms with Crippen molar-refractivity contribution < 1.29 is 14.3 Å².